The first-order chi connectivity index (χ1) is 10.9. The number of hydrogen-bond acceptors (Lipinski definition) is 4. The predicted molar refractivity (Wildman–Crippen MR) is 96.2 cm³/mol. The van der Waals surface area contributed by atoms with Gasteiger partial charge in [-0.25, -0.2) is 9.97 Å². The van der Waals surface area contributed by atoms with Crippen molar-refractivity contribution < 1.29 is 0 Å². The van der Waals surface area contributed by atoms with Crippen molar-refractivity contribution in [3.05, 3.63) is 53.2 Å². The highest BCUT2D eigenvalue weighted by Crippen LogP contribution is 2.26. The van der Waals surface area contributed by atoms with Crippen LogP contribution in [0.3, 0.4) is 0 Å². The quantitative estimate of drug-likeness (QED) is 0.646. The number of fused-ring (bicyclic) bond motifs is 1. The Balaban J connectivity index is 1.88. The van der Waals surface area contributed by atoms with Gasteiger partial charge in [-0.1, -0.05) is 49.8 Å². The van der Waals surface area contributed by atoms with Crippen LogP contribution in [0.25, 0.3) is 22.4 Å². The predicted octanol–water partition coefficient (Wildman–Crippen LogP) is 5.07. The van der Waals surface area contributed by atoms with Gasteiger partial charge in [-0.15, -0.1) is 11.3 Å². The van der Waals surface area contributed by atoms with Crippen LogP contribution in [-0.2, 0) is 0 Å². The normalized spacial score (nSPS) is 11.3. The lowest BCUT2D eigenvalue weighted by Crippen LogP contribution is -2.04. The summed E-state index contributed by atoms with van der Waals surface area (Å²) >= 11 is 1.68. The molecular weight excluding hydrogens is 290 g/mol. The molecule has 0 saturated heterocycles. The number of nitrogens with one attached hydrogen (secondary N) is 1. The molecule has 2 aromatic heterocycles. The molecule has 1 N–H and O–H groups in total. The first-order valence-corrected chi connectivity index (χ1v) is 8.47. The van der Waals surface area contributed by atoms with Gasteiger partial charge in [0.25, 0.3) is 0 Å². The molecule has 0 bridgehead atoms. The Kier molecular flexibility index (Phi) is 4.81. The van der Waals surface area contributed by atoms with E-state index in [0.717, 1.165) is 40.4 Å². The van der Waals surface area contributed by atoms with E-state index in [1.165, 1.54) is 6.42 Å². The zero-order chi connectivity index (χ0) is 15.2. The van der Waals surface area contributed by atoms with Crippen molar-refractivity contribution in [2.75, 3.05) is 11.9 Å². The Hall–Kier alpha value is -2.20. The molecule has 3 aromatic rings. The van der Waals surface area contributed by atoms with Gasteiger partial charge in [-0.3, -0.25) is 0 Å². The Morgan fingerprint density at radius 2 is 1.95 bits per heavy atom. The number of rotatable bonds is 6. The Bertz CT molecular complexity index is 762. The molecule has 112 valence electrons. The molecule has 3 nitrogen and oxygen atoms in total. The fraction of sp³-hybridized carbons (Fsp3) is 0.222. The average Bonchev–Trinajstić information content (AvgIpc) is 3.03. The van der Waals surface area contributed by atoms with Gasteiger partial charge >= 0.3 is 0 Å². The molecule has 0 aliphatic carbocycles. The third-order valence-corrected chi connectivity index (χ3v) is 4.28. The van der Waals surface area contributed by atoms with Crippen LogP contribution in [0.4, 0.5) is 5.82 Å². The van der Waals surface area contributed by atoms with Crippen molar-refractivity contribution in [2.24, 2.45) is 0 Å². The van der Waals surface area contributed by atoms with Crippen molar-refractivity contribution >= 4 is 39.5 Å². The van der Waals surface area contributed by atoms with Crippen LogP contribution in [0.2, 0.25) is 0 Å². The molecule has 2 heterocycles. The molecule has 0 amide bonds. The Morgan fingerprint density at radius 3 is 2.77 bits per heavy atom. The van der Waals surface area contributed by atoms with Crippen LogP contribution in [0.15, 0.2) is 41.8 Å². The highest BCUT2D eigenvalue weighted by Gasteiger charge is 2.07. The molecule has 1 aromatic carbocycles. The number of anilines is 1. The van der Waals surface area contributed by atoms with Crippen molar-refractivity contribution in [1.82, 2.24) is 9.97 Å². The maximum atomic E-state index is 4.66. The largest absolute Gasteiger partial charge is 0.369 e. The number of benzene rings is 1. The zero-order valence-corrected chi connectivity index (χ0v) is 13.4. The summed E-state index contributed by atoms with van der Waals surface area (Å²) in [6, 6.07) is 12.3. The highest BCUT2D eigenvalue weighted by atomic mass is 32.1. The Morgan fingerprint density at radius 1 is 1.09 bits per heavy atom. The summed E-state index contributed by atoms with van der Waals surface area (Å²) in [4.78, 5) is 9.27. The van der Waals surface area contributed by atoms with Gasteiger partial charge in [-0.2, -0.15) is 0 Å². The SMILES string of the molecule is CCCCNc1nc(/C=C/c2ccccc2)nc2ccsc12. The second-order valence-corrected chi connectivity index (χ2v) is 6.01. The van der Waals surface area contributed by atoms with Crippen LogP contribution in [0, 0.1) is 0 Å². The first-order valence-electron chi connectivity index (χ1n) is 7.59. The smallest absolute Gasteiger partial charge is 0.155 e. The summed E-state index contributed by atoms with van der Waals surface area (Å²) in [5.41, 5.74) is 2.16. The third kappa shape index (κ3) is 3.52. The van der Waals surface area contributed by atoms with Crippen molar-refractivity contribution in [3.8, 4) is 0 Å². The minimum Gasteiger partial charge on any atom is -0.369 e. The van der Waals surface area contributed by atoms with E-state index >= 15 is 0 Å². The van der Waals surface area contributed by atoms with Gasteiger partial charge in [0.1, 0.15) is 5.82 Å². The molecule has 4 heteroatoms. The monoisotopic (exact) mass is 309 g/mol. The number of thiophene rings is 1. The van der Waals surface area contributed by atoms with Crippen molar-refractivity contribution in [1.29, 1.82) is 0 Å². The number of nitrogens with zero attached hydrogens (tertiary/aromatic N) is 2. The average molecular weight is 309 g/mol. The minimum atomic E-state index is 0.744. The molecule has 0 saturated carbocycles. The molecule has 0 atom stereocenters. The number of hydrogen-bond donors (Lipinski definition) is 1. The number of unbranched alkanes of at least 4 members (excludes halogenated alkanes) is 1. The summed E-state index contributed by atoms with van der Waals surface area (Å²) in [6.45, 7) is 3.14. The molecule has 0 aliphatic heterocycles. The fourth-order valence-corrected chi connectivity index (χ4v) is 2.99. The van der Waals surface area contributed by atoms with Crippen LogP contribution >= 0.6 is 11.3 Å². The van der Waals surface area contributed by atoms with E-state index < -0.39 is 0 Å². The van der Waals surface area contributed by atoms with E-state index in [1.807, 2.05) is 36.4 Å². The van der Waals surface area contributed by atoms with Gasteiger partial charge in [0.15, 0.2) is 5.82 Å². The van der Waals surface area contributed by atoms with E-state index in [0.29, 0.717) is 0 Å². The lowest BCUT2D eigenvalue weighted by atomic mass is 10.2. The van der Waals surface area contributed by atoms with Crippen molar-refractivity contribution in [3.63, 3.8) is 0 Å². The molecular formula is C18H19N3S. The highest BCUT2D eigenvalue weighted by molar-refractivity contribution is 7.17. The van der Waals surface area contributed by atoms with Gasteiger partial charge < -0.3 is 5.32 Å². The summed E-state index contributed by atoms with van der Waals surface area (Å²) in [7, 11) is 0. The zero-order valence-electron chi connectivity index (χ0n) is 12.6. The van der Waals surface area contributed by atoms with E-state index in [1.54, 1.807) is 11.3 Å². The molecule has 0 fully saturated rings. The number of aromatic nitrogens is 2. The van der Waals surface area contributed by atoms with E-state index in [-0.39, 0.29) is 0 Å². The van der Waals surface area contributed by atoms with Gasteiger partial charge in [0.2, 0.25) is 0 Å². The fourth-order valence-electron chi connectivity index (χ4n) is 2.19. The molecule has 0 spiro atoms. The third-order valence-electron chi connectivity index (χ3n) is 3.37. The van der Waals surface area contributed by atoms with Crippen LogP contribution in [0.5, 0.6) is 0 Å². The van der Waals surface area contributed by atoms with E-state index in [9.17, 15) is 0 Å². The second-order valence-electron chi connectivity index (χ2n) is 5.09. The van der Waals surface area contributed by atoms with Crippen LogP contribution < -0.4 is 5.32 Å². The van der Waals surface area contributed by atoms with Gasteiger partial charge in [0, 0.05) is 6.54 Å². The topological polar surface area (TPSA) is 37.8 Å². The molecule has 3 rings (SSSR count). The molecule has 0 aliphatic rings. The van der Waals surface area contributed by atoms with Crippen LogP contribution in [0.1, 0.15) is 31.2 Å². The van der Waals surface area contributed by atoms with E-state index in [2.05, 4.69) is 39.7 Å². The van der Waals surface area contributed by atoms with Crippen LogP contribution in [-0.4, -0.2) is 16.5 Å². The standard InChI is InChI=1S/C18H19N3S/c1-2-3-12-19-18-17-15(11-13-22-17)20-16(21-18)10-9-14-7-5-4-6-8-14/h4-11,13H,2-3,12H2,1H3,(H,19,20,21)/b10-9+. The summed E-state index contributed by atoms with van der Waals surface area (Å²) < 4.78 is 1.13. The molecule has 22 heavy (non-hydrogen) atoms. The minimum absolute atomic E-state index is 0.744. The first kappa shape index (κ1) is 14.7. The Labute approximate surface area is 134 Å². The van der Waals surface area contributed by atoms with Gasteiger partial charge in [-0.05, 0) is 29.5 Å². The lowest BCUT2D eigenvalue weighted by molar-refractivity contribution is 0.831. The molecule has 0 radical (unpaired) electrons. The summed E-state index contributed by atoms with van der Waals surface area (Å²) in [6.07, 6.45) is 6.33. The summed E-state index contributed by atoms with van der Waals surface area (Å²) in [5.74, 6) is 1.69. The second kappa shape index (κ2) is 7.18. The lowest BCUT2D eigenvalue weighted by Gasteiger charge is -2.06. The maximum absolute atomic E-state index is 4.66. The maximum Gasteiger partial charge on any atom is 0.155 e. The van der Waals surface area contributed by atoms with E-state index in [4.69, 9.17) is 0 Å². The van der Waals surface area contributed by atoms with Crippen molar-refractivity contribution in [2.45, 2.75) is 19.8 Å². The summed E-state index contributed by atoms with van der Waals surface area (Å²) in [5, 5.41) is 5.50. The van der Waals surface area contributed by atoms with Gasteiger partial charge in [0.05, 0.1) is 10.2 Å². The molecule has 0 unspecified atom stereocenters.